The van der Waals surface area contributed by atoms with Gasteiger partial charge in [-0.3, -0.25) is 14.9 Å². The molecule has 0 bridgehead atoms. The predicted molar refractivity (Wildman–Crippen MR) is 74.6 cm³/mol. The number of nitro benzene ring substituents is 1. The average Bonchev–Trinajstić information content (AvgIpc) is 2.34. The number of benzene rings is 1. The van der Waals surface area contributed by atoms with Crippen molar-refractivity contribution in [2.45, 2.75) is 13.8 Å². The van der Waals surface area contributed by atoms with E-state index in [2.05, 4.69) is 5.32 Å². The second kappa shape index (κ2) is 6.17. The van der Waals surface area contributed by atoms with Gasteiger partial charge in [0.25, 0.3) is 11.6 Å². The molecule has 0 aliphatic carbocycles. The molecule has 1 N–H and O–H groups in total. The van der Waals surface area contributed by atoms with Gasteiger partial charge in [-0.05, 0) is 18.1 Å². The number of nitro groups is 1. The summed E-state index contributed by atoms with van der Waals surface area (Å²) in [6.45, 7) is 4.51. The van der Waals surface area contributed by atoms with E-state index in [1.165, 1.54) is 6.07 Å². The first kappa shape index (κ1) is 14.9. The van der Waals surface area contributed by atoms with Gasteiger partial charge < -0.3 is 10.2 Å². The molecule has 0 spiro atoms. The standard InChI is InChI=1S/C13H19N3O3/c1-9(2)8-14-13(17)10-5-6-11(15(3)4)12(7-10)16(18)19/h5-7,9H,8H2,1-4H3,(H,14,17). The first-order chi connectivity index (χ1) is 8.82. The van der Waals surface area contributed by atoms with E-state index >= 15 is 0 Å². The number of amides is 1. The van der Waals surface area contributed by atoms with Crippen LogP contribution in [-0.2, 0) is 0 Å². The number of nitrogens with zero attached hydrogens (tertiary/aromatic N) is 2. The van der Waals surface area contributed by atoms with Crippen molar-refractivity contribution in [2.24, 2.45) is 5.92 Å². The molecule has 1 rings (SSSR count). The first-order valence-electron chi connectivity index (χ1n) is 6.07. The van der Waals surface area contributed by atoms with Crippen LogP contribution in [0, 0.1) is 16.0 Å². The molecule has 0 aliphatic heterocycles. The molecule has 0 saturated carbocycles. The number of carbonyl (C=O) groups is 1. The Morgan fingerprint density at radius 3 is 2.53 bits per heavy atom. The molecule has 0 unspecified atom stereocenters. The Bertz CT molecular complexity index is 484. The van der Waals surface area contributed by atoms with Crippen molar-refractivity contribution in [1.82, 2.24) is 5.32 Å². The van der Waals surface area contributed by atoms with Crippen LogP contribution in [0.2, 0.25) is 0 Å². The monoisotopic (exact) mass is 265 g/mol. The van der Waals surface area contributed by atoms with Crippen molar-refractivity contribution in [2.75, 3.05) is 25.5 Å². The number of anilines is 1. The smallest absolute Gasteiger partial charge is 0.293 e. The highest BCUT2D eigenvalue weighted by Gasteiger charge is 2.18. The Morgan fingerprint density at radius 1 is 1.42 bits per heavy atom. The van der Waals surface area contributed by atoms with E-state index in [-0.39, 0.29) is 11.6 Å². The molecule has 0 fully saturated rings. The Morgan fingerprint density at radius 2 is 2.05 bits per heavy atom. The summed E-state index contributed by atoms with van der Waals surface area (Å²) >= 11 is 0. The number of carbonyl (C=O) groups excluding carboxylic acids is 1. The molecular formula is C13H19N3O3. The molecule has 104 valence electrons. The molecule has 0 aromatic heterocycles. The number of hydrogen-bond donors (Lipinski definition) is 1. The van der Waals surface area contributed by atoms with E-state index in [0.717, 1.165) is 0 Å². The quantitative estimate of drug-likeness (QED) is 0.653. The maximum atomic E-state index is 11.9. The van der Waals surface area contributed by atoms with Gasteiger partial charge in [-0.15, -0.1) is 0 Å². The minimum absolute atomic E-state index is 0.0674. The van der Waals surface area contributed by atoms with Crippen LogP contribution < -0.4 is 10.2 Å². The summed E-state index contributed by atoms with van der Waals surface area (Å²) < 4.78 is 0. The zero-order chi connectivity index (χ0) is 14.6. The van der Waals surface area contributed by atoms with Gasteiger partial charge in [0.2, 0.25) is 0 Å². The lowest BCUT2D eigenvalue weighted by Crippen LogP contribution is -2.27. The van der Waals surface area contributed by atoms with Crippen molar-refractivity contribution < 1.29 is 9.72 Å². The molecule has 0 heterocycles. The fourth-order valence-corrected chi connectivity index (χ4v) is 1.59. The van der Waals surface area contributed by atoms with Gasteiger partial charge in [-0.25, -0.2) is 0 Å². The van der Waals surface area contributed by atoms with Gasteiger partial charge >= 0.3 is 0 Å². The van der Waals surface area contributed by atoms with Crippen LogP contribution in [0.5, 0.6) is 0 Å². The third-order valence-electron chi connectivity index (χ3n) is 2.59. The van der Waals surface area contributed by atoms with Crippen LogP contribution in [0.3, 0.4) is 0 Å². The minimum atomic E-state index is -0.478. The van der Waals surface area contributed by atoms with Crippen molar-refractivity contribution in [3.63, 3.8) is 0 Å². The van der Waals surface area contributed by atoms with Gasteiger partial charge in [0.1, 0.15) is 5.69 Å². The molecule has 1 amide bonds. The summed E-state index contributed by atoms with van der Waals surface area (Å²) in [7, 11) is 3.45. The Labute approximate surface area is 112 Å². The molecule has 1 aromatic rings. The van der Waals surface area contributed by atoms with E-state index in [1.807, 2.05) is 13.8 Å². The zero-order valence-electron chi connectivity index (χ0n) is 11.6. The number of nitrogens with one attached hydrogen (secondary N) is 1. The van der Waals surface area contributed by atoms with E-state index in [4.69, 9.17) is 0 Å². The van der Waals surface area contributed by atoms with Gasteiger partial charge in [0.15, 0.2) is 0 Å². The van der Waals surface area contributed by atoms with Gasteiger partial charge in [0, 0.05) is 32.3 Å². The number of rotatable bonds is 5. The van der Waals surface area contributed by atoms with Crippen LogP contribution in [0.15, 0.2) is 18.2 Å². The highest BCUT2D eigenvalue weighted by Crippen LogP contribution is 2.27. The molecule has 1 aromatic carbocycles. The second-order valence-electron chi connectivity index (χ2n) is 4.96. The first-order valence-corrected chi connectivity index (χ1v) is 6.07. The summed E-state index contributed by atoms with van der Waals surface area (Å²) in [4.78, 5) is 24.0. The lowest BCUT2D eigenvalue weighted by Gasteiger charge is -2.13. The van der Waals surface area contributed by atoms with Crippen molar-refractivity contribution in [3.05, 3.63) is 33.9 Å². The lowest BCUT2D eigenvalue weighted by atomic mass is 10.1. The van der Waals surface area contributed by atoms with Gasteiger partial charge in [-0.2, -0.15) is 0 Å². The molecule has 0 aliphatic rings. The Hall–Kier alpha value is -2.11. The van der Waals surface area contributed by atoms with Gasteiger partial charge in [0.05, 0.1) is 4.92 Å². The highest BCUT2D eigenvalue weighted by molar-refractivity contribution is 5.95. The van der Waals surface area contributed by atoms with Crippen LogP contribution in [0.4, 0.5) is 11.4 Å². The predicted octanol–water partition coefficient (Wildman–Crippen LogP) is 2.05. The zero-order valence-corrected chi connectivity index (χ0v) is 11.6. The summed E-state index contributed by atoms with van der Waals surface area (Å²) in [5, 5.41) is 13.8. The SMILES string of the molecule is CC(C)CNC(=O)c1ccc(N(C)C)c([N+](=O)[O-])c1. The third-order valence-corrected chi connectivity index (χ3v) is 2.59. The summed E-state index contributed by atoms with van der Waals surface area (Å²) in [5.74, 6) is 0.0436. The van der Waals surface area contributed by atoms with Crippen molar-refractivity contribution in [3.8, 4) is 0 Å². The summed E-state index contributed by atoms with van der Waals surface area (Å²) in [5.41, 5.74) is 0.713. The van der Waals surface area contributed by atoms with Crippen LogP contribution in [-0.4, -0.2) is 31.5 Å². The fraction of sp³-hybridized carbons (Fsp3) is 0.462. The number of hydrogen-bond acceptors (Lipinski definition) is 4. The molecule has 0 saturated heterocycles. The van der Waals surface area contributed by atoms with Crippen LogP contribution in [0.1, 0.15) is 24.2 Å². The maximum absolute atomic E-state index is 11.9. The summed E-state index contributed by atoms with van der Waals surface area (Å²) in [6.07, 6.45) is 0. The van der Waals surface area contributed by atoms with E-state index in [1.54, 1.807) is 31.1 Å². The largest absolute Gasteiger partial charge is 0.372 e. The molecular weight excluding hydrogens is 246 g/mol. The molecule has 6 nitrogen and oxygen atoms in total. The topological polar surface area (TPSA) is 75.5 Å². The maximum Gasteiger partial charge on any atom is 0.293 e. The molecule has 19 heavy (non-hydrogen) atoms. The van der Waals surface area contributed by atoms with Crippen LogP contribution >= 0.6 is 0 Å². The van der Waals surface area contributed by atoms with Crippen molar-refractivity contribution in [1.29, 1.82) is 0 Å². The van der Waals surface area contributed by atoms with E-state index < -0.39 is 4.92 Å². The average molecular weight is 265 g/mol. The third kappa shape index (κ3) is 3.94. The molecule has 0 atom stereocenters. The molecule has 0 radical (unpaired) electrons. The van der Waals surface area contributed by atoms with E-state index in [9.17, 15) is 14.9 Å². The van der Waals surface area contributed by atoms with Crippen LogP contribution in [0.25, 0.3) is 0 Å². The Kier molecular flexibility index (Phi) is 4.86. The highest BCUT2D eigenvalue weighted by atomic mass is 16.6. The Balaban J connectivity index is 3.02. The fourth-order valence-electron chi connectivity index (χ4n) is 1.59. The van der Waals surface area contributed by atoms with Crippen molar-refractivity contribution >= 4 is 17.3 Å². The van der Waals surface area contributed by atoms with E-state index in [0.29, 0.717) is 23.7 Å². The normalized spacial score (nSPS) is 10.4. The molecule has 6 heteroatoms. The van der Waals surface area contributed by atoms with Gasteiger partial charge in [-0.1, -0.05) is 13.8 Å². The second-order valence-corrected chi connectivity index (χ2v) is 4.96. The summed E-state index contributed by atoms with van der Waals surface area (Å²) in [6, 6.07) is 4.49. The lowest BCUT2D eigenvalue weighted by molar-refractivity contribution is -0.384. The minimum Gasteiger partial charge on any atom is -0.372 e.